The molecule has 0 atom stereocenters. The van der Waals surface area contributed by atoms with Gasteiger partial charge in [-0.2, -0.15) is 0 Å². The van der Waals surface area contributed by atoms with Crippen LogP contribution in [0.2, 0.25) is 0 Å². The standard InChI is InChI=1S/C30H27NO/c1-20-15-23(17-24(16-20)30(2,3)4)26-18-25-27(19-31-26)32-29(22-13-9-6-10-14-22)28(25)21-11-7-5-8-12-21/h5-19H,1-4H3. The number of benzene rings is 3. The van der Waals surface area contributed by atoms with E-state index in [1.54, 1.807) is 0 Å². The molecule has 0 aliphatic heterocycles. The van der Waals surface area contributed by atoms with Gasteiger partial charge in [-0.15, -0.1) is 0 Å². The molecule has 5 rings (SSSR count). The highest BCUT2D eigenvalue weighted by atomic mass is 16.3. The van der Waals surface area contributed by atoms with E-state index in [1.165, 1.54) is 11.1 Å². The predicted octanol–water partition coefficient (Wildman–Crippen LogP) is 8.43. The molecule has 0 aliphatic carbocycles. The normalized spacial score (nSPS) is 11.8. The van der Waals surface area contributed by atoms with E-state index in [2.05, 4.69) is 88.4 Å². The molecule has 2 heterocycles. The third-order valence-electron chi connectivity index (χ3n) is 5.91. The van der Waals surface area contributed by atoms with Gasteiger partial charge < -0.3 is 4.42 Å². The van der Waals surface area contributed by atoms with Gasteiger partial charge in [-0.3, -0.25) is 4.98 Å². The number of aromatic nitrogens is 1. The lowest BCUT2D eigenvalue weighted by Crippen LogP contribution is -2.11. The third-order valence-corrected chi connectivity index (χ3v) is 5.91. The van der Waals surface area contributed by atoms with Crippen molar-refractivity contribution >= 4 is 11.0 Å². The van der Waals surface area contributed by atoms with E-state index in [0.29, 0.717) is 0 Å². The maximum absolute atomic E-state index is 6.37. The molecular formula is C30H27NO. The Morgan fingerprint density at radius 2 is 1.38 bits per heavy atom. The summed E-state index contributed by atoms with van der Waals surface area (Å²) in [6, 6.07) is 29.7. The van der Waals surface area contributed by atoms with Crippen molar-refractivity contribution in [3.05, 3.63) is 102 Å². The highest BCUT2D eigenvalue weighted by Crippen LogP contribution is 2.41. The lowest BCUT2D eigenvalue weighted by molar-refractivity contribution is 0.590. The lowest BCUT2D eigenvalue weighted by Gasteiger charge is -2.20. The summed E-state index contributed by atoms with van der Waals surface area (Å²) in [5, 5.41) is 1.08. The fourth-order valence-corrected chi connectivity index (χ4v) is 4.21. The third kappa shape index (κ3) is 3.73. The molecule has 0 unspecified atom stereocenters. The summed E-state index contributed by atoms with van der Waals surface area (Å²) in [7, 11) is 0. The van der Waals surface area contributed by atoms with Gasteiger partial charge in [0, 0.05) is 22.1 Å². The number of rotatable bonds is 3. The number of furan rings is 1. The number of aryl methyl sites for hydroxylation is 1. The quantitative estimate of drug-likeness (QED) is 0.294. The number of fused-ring (bicyclic) bond motifs is 1. The van der Waals surface area contributed by atoms with Gasteiger partial charge in [0.2, 0.25) is 0 Å². The molecule has 0 amide bonds. The van der Waals surface area contributed by atoms with Crippen LogP contribution in [0.4, 0.5) is 0 Å². The summed E-state index contributed by atoms with van der Waals surface area (Å²) in [6.45, 7) is 8.89. The van der Waals surface area contributed by atoms with Crippen molar-refractivity contribution in [3.8, 4) is 33.7 Å². The first-order valence-electron chi connectivity index (χ1n) is 11.1. The van der Waals surface area contributed by atoms with Crippen LogP contribution in [0.5, 0.6) is 0 Å². The summed E-state index contributed by atoms with van der Waals surface area (Å²) in [5.41, 5.74) is 8.86. The second kappa shape index (κ2) is 7.80. The zero-order valence-electron chi connectivity index (χ0n) is 19.0. The fraction of sp³-hybridized carbons (Fsp3) is 0.167. The van der Waals surface area contributed by atoms with Gasteiger partial charge in [0.25, 0.3) is 0 Å². The molecule has 3 aromatic carbocycles. The van der Waals surface area contributed by atoms with E-state index < -0.39 is 0 Å². The smallest absolute Gasteiger partial charge is 0.153 e. The molecular weight excluding hydrogens is 390 g/mol. The zero-order chi connectivity index (χ0) is 22.3. The van der Waals surface area contributed by atoms with E-state index in [9.17, 15) is 0 Å². The summed E-state index contributed by atoms with van der Waals surface area (Å²) >= 11 is 0. The highest BCUT2D eigenvalue weighted by Gasteiger charge is 2.20. The van der Waals surface area contributed by atoms with Crippen molar-refractivity contribution in [1.82, 2.24) is 4.98 Å². The second-order valence-electron chi connectivity index (χ2n) is 9.44. The topological polar surface area (TPSA) is 26.0 Å². The molecule has 0 spiro atoms. The molecule has 0 N–H and O–H groups in total. The molecule has 0 saturated carbocycles. The summed E-state index contributed by atoms with van der Waals surface area (Å²) in [6.07, 6.45) is 1.86. The average molecular weight is 418 g/mol. The molecule has 158 valence electrons. The Labute approximate surface area is 189 Å². The monoisotopic (exact) mass is 417 g/mol. The first-order chi connectivity index (χ1) is 15.4. The van der Waals surface area contributed by atoms with Crippen molar-refractivity contribution in [1.29, 1.82) is 0 Å². The summed E-state index contributed by atoms with van der Waals surface area (Å²) in [5.74, 6) is 0.880. The van der Waals surface area contributed by atoms with Gasteiger partial charge in [0.15, 0.2) is 5.58 Å². The van der Waals surface area contributed by atoms with Crippen molar-refractivity contribution in [2.45, 2.75) is 33.1 Å². The molecule has 2 aromatic heterocycles. The van der Waals surface area contributed by atoms with Gasteiger partial charge in [-0.05, 0) is 41.7 Å². The Morgan fingerprint density at radius 1 is 0.719 bits per heavy atom. The lowest BCUT2D eigenvalue weighted by atomic mass is 9.84. The van der Waals surface area contributed by atoms with Crippen LogP contribution in [0.25, 0.3) is 44.7 Å². The van der Waals surface area contributed by atoms with E-state index >= 15 is 0 Å². The van der Waals surface area contributed by atoms with Gasteiger partial charge in [0.05, 0.1) is 11.9 Å². The Bertz CT molecular complexity index is 1390. The van der Waals surface area contributed by atoms with Crippen molar-refractivity contribution in [3.63, 3.8) is 0 Å². The van der Waals surface area contributed by atoms with Gasteiger partial charge >= 0.3 is 0 Å². The summed E-state index contributed by atoms with van der Waals surface area (Å²) in [4.78, 5) is 4.79. The molecule has 2 nitrogen and oxygen atoms in total. The molecule has 32 heavy (non-hydrogen) atoms. The molecule has 0 saturated heterocycles. The Hall–Kier alpha value is -3.65. The van der Waals surface area contributed by atoms with Crippen LogP contribution in [-0.4, -0.2) is 4.98 Å². The maximum Gasteiger partial charge on any atom is 0.153 e. The SMILES string of the molecule is Cc1cc(-c2cc3c(-c4ccccc4)c(-c4ccccc4)oc3cn2)cc(C(C)(C)C)c1. The minimum absolute atomic E-state index is 0.0796. The highest BCUT2D eigenvalue weighted by molar-refractivity contribution is 6.02. The van der Waals surface area contributed by atoms with E-state index in [1.807, 2.05) is 30.5 Å². The molecule has 2 heteroatoms. The molecule has 0 aliphatic rings. The van der Waals surface area contributed by atoms with Crippen LogP contribution in [0.15, 0.2) is 95.5 Å². The van der Waals surface area contributed by atoms with Gasteiger partial charge in [0.1, 0.15) is 5.76 Å². The van der Waals surface area contributed by atoms with Crippen molar-refractivity contribution in [2.24, 2.45) is 0 Å². The second-order valence-corrected chi connectivity index (χ2v) is 9.44. The number of hydrogen-bond donors (Lipinski definition) is 0. The van der Waals surface area contributed by atoms with Crippen LogP contribution in [-0.2, 0) is 5.41 Å². The Morgan fingerprint density at radius 3 is 2.03 bits per heavy atom. The van der Waals surface area contributed by atoms with Crippen LogP contribution < -0.4 is 0 Å². The fourth-order valence-electron chi connectivity index (χ4n) is 4.21. The van der Waals surface area contributed by atoms with Gasteiger partial charge in [-0.25, -0.2) is 0 Å². The van der Waals surface area contributed by atoms with Gasteiger partial charge in [-0.1, -0.05) is 93.1 Å². The minimum Gasteiger partial charge on any atom is -0.454 e. The van der Waals surface area contributed by atoms with E-state index in [4.69, 9.17) is 9.40 Å². The van der Waals surface area contributed by atoms with E-state index in [0.717, 1.165) is 44.7 Å². The first-order valence-corrected chi connectivity index (χ1v) is 11.1. The largest absolute Gasteiger partial charge is 0.454 e. The first kappa shape index (κ1) is 20.3. The van der Waals surface area contributed by atoms with Crippen LogP contribution in [0, 0.1) is 6.92 Å². The van der Waals surface area contributed by atoms with Crippen molar-refractivity contribution < 1.29 is 4.42 Å². The summed E-state index contributed by atoms with van der Waals surface area (Å²) < 4.78 is 6.37. The number of pyridine rings is 1. The van der Waals surface area contributed by atoms with Crippen molar-refractivity contribution in [2.75, 3.05) is 0 Å². The van der Waals surface area contributed by atoms with Crippen LogP contribution in [0.3, 0.4) is 0 Å². The molecule has 0 bridgehead atoms. The maximum atomic E-state index is 6.37. The predicted molar refractivity (Wildman–Crippen MR) is 134 cm³/mol. The van der Waals surface area contributed by atoms with Crippen LogP contribution in [0.1, 0.15) is 31.9 Å². The number of nitrogens with zero attached hydrogens (tertiary/aromatic N) is 1. The molecule has 0 fully saturated rings. The Kier molecular flexibility index (Phi) is 4.94. The van der Waals surface area contributed by atoms with E-state index in [-0.39, 0.29) is 5.41 Å². The average Bonchev–Trinajstić information content (AvgIpc) is 3.18. The van der Waals surface area contributed by atoms with Crippen LogP contribution >= 0.6 is 0 Å². The molecule has 0 radical (unpaired) electrons. The Balaban J connectivity index is 1.76. The number of hydrogen-bond acceptors (Lipinski definition) is 2. The minimum atomic E-state index is 0.0796. The molecule has 5 aromatic rings. The zero-order valence-corrected chi connectivity index (χ0v) is 19.0.